The summed E-state index contributed by atoms with van der Waals surface area (Å²) < 4.78 is 5.31. The van der Waals surface area contributed by atoms with E-state index in [0.717, 1.165) is 12.2 Å². The van der Waals surface area contributed by atoms with Crippen LogP contribution in [0, 0.1) is 5.92 Å². The molecular formula is C12H23NO3S. The van der Waals surface area contributed by atoms with Crippen LogP contribution >= 0.6 is 11.8 Å². The zero-order chi connectivity index (χ0) is 13.1. The summed E-state index contributed by atoms with van der Waals surface area (Å²) in [5, 5.41) is 9.88. The number of carbonyl (C=O) groups is 1. The molecule has 5 heteroatoms. The second-order valence-corrected chi connectivity index (χ2v) is 6.41. The Morgan fingerprint density at radius 3 is 2.76 bits per heavy atom. The maximum Gasteiger partial charge on any atom is 0.410 e. The van der Waals surface area contributed by atoms with Crippen LogP contribution < -0.4 is 0 Å². The van der Waals surface area contributed by atoms with E-state index in [1.54, 1.807) is 16.7 Å². The molecule has 0 aromatic rings. The highest BCUT2D eigenvalue weighted by Gasteiger charge is 2.32. The van der Waals surface area contributed by atoms with Gasteiger partial charge in [0.15, 0.2) is 0 Å². The lowest BCUT2D eigenvalue weighted by Gasteiger charge is -2.25. The van der Waals surface area contributed by atoms with Gasteiger partial charge in [-0.05, 0) is 33.4 Å². The molecule has 0 bridgehead atoms. The van der Waals surface area contributed by atoms with Crippen molar-refractivity contribution in [2.45, 2.75) is 38.9 Å². The number of nitrogens with zero attached hydrogens (tertiary/aromatic N) is 1. The molecule has 0 aliphatic carbocycles. The summed E-state index contributed by atoms with van der Waals surface area (Å²) in [6.45, 7) is 6.88. The third-order valence-corrected chi connectivity index (χ3v) is 3.43. The average molecular weight is 261 g/mol. The third kappa shape index (κ3) is 4.76. The molecule has 1 rings (SSSR count). The monoisotopic (exact) mass is 261 g/mol. The first kappa shape index (κ1) is 14.6. The first-order valence-electron chi connectivity index (χ1n) is 5.98. The zero-order valence-corrected chi connectivity index (χ0v) is 11.9. The van der Waals surface area contributed by atoms with Crippen LogP contribution in [0.15, 0.2) is 0 Å². The molecule has 2 atom stereocenters. The van der Waals surface area contributed by atoms with Crippen LogP contribution in [-0.2, 0) is 4.74 Å². The number of likely N-dealkylation sites (tertiary alicyclic amines) is 1. The Kier molecular flexibility index (Phi) is 5.13. The van der Waals surface area contributed by atoms with Gasteiger partial charge in [-0.1, -0.05) is 0 Å². The first-order chi connectivity index (χ1) is 7.83. The smallest absolute Gasteiger partial charge is 0.410 e. The molecule has 1 N–H and O–H groups in total. The Morgan fingerprint density at radius 1 is 1.59 bits per heavy atom. The molecule has 0 saturated carbocycles. The van der Waals surface area contributed by atoms with Gasteiger partial charge in [0.2, 0.25) is 0 Å². The van der Waals surface area contributed by atoms with Crippen LogP contribution in [0.1, 0.15) is 27.2 Å². The maximum atomic E-state index is 11.8. The van der Waals surface area contributed by atoms with Gasteiger partial charge in [0.25, 0.3) is 0 Å². The molecule has 1 aliphatic heterocycles. The number of rotatable bonds is 3. The Morgan fingerprint density at radius 2 is 2.24 bits per heavy atom. The summed E-state index contributed by atoms with van der Waals surface area (Å²) in [7, 11) is 0. The molecule has 4 nitrogen and oxygen atoms in total. The summed E-state index contributed by atoms with van der Waals surface area (Å²) in [4.78, 5) is 13.5. The Bertz CT molecular complexity index is 265. The first-order valence-corrected chi connectivity index (χ1v) is 7.38. The van der Waals surface area contributed by atoms with Gasteiger partial charge in [0.1, 0.15) is 5.60 Å². The molecule has 1 heterocycles. The number of aliphatic hydroxyl groups is 1. The molecule has 1 aliphatic rings. The lowest BCUT2D eigenvalue weighted by atomic mass is 10.0. The fraction of sp³-hybridized carbons (Fsp3) is 0.917. The van der Waals surface area contributed by atoms with Gasteiger partial charge < -0.3 is 14.7 Å². The Balaban J connectivity index is 2.42. The van der Waals surface area contributed by atoms with Gasteiger partial charge in [-0.15, -0.1) is 0 Å². The van der Waals surface area contributed by atoms with Gasteiger partial charge in [-0.25, -0.2) is 4.79 Å². The van der Waals surface area contributed by atoms with Gasteiger partial charge in [0, 0.05) is 24.8 Å². The van der Waals surface area contributed by atoms with Crippen LogP contribution in [0.25, 0.3) is 0 Å². The predicted octanol–water partition coefficient (Wildman–Crippen LogP) is 1.97. The van der Waals surface area contributed by atoms with E-state index in [4.69, 9.17) is 4.74 Å². The van der Waals surface area contributed by atoms with E-state index in [0.29, 0.717) is 13.1 Å². The van der Waals surface area contributed by atoms with Crippen LogP contribution in [0.3, 0.4) is 0 Å². The molecule has 1 fully saturated rings. The van der Waals surface area contributed by atoms with Crippen molar-refractivity contribution in [3.05, 3.63) is 0 Å². The van der Waals surface area contributed by atoms with E-state index >= 15 is 0 Å². The second-order valence-electron chi connectivity index (χ2n) is 5.50. The van der Waals surface area contributed by atoms with Crippen molar-refractivity contribution in [3.8, 4) is 0 Å². The molecule has 1 amide bonds. The summed E-state index contributed by atoms with van der Waals surface area (Å²) in [6, 6.07) is 0. The summed E-state index contributed by atoms with van der Waals surface area (Å²) >= 11 is 1.63. The molecule has 0 aromatic heterocycles. The van der Waals surface area contributed by atoms with Crippen molar-refractivity contribution in [1.82, 2.24) is 4.90 Å². The topological polar surface area (TPSA) is 49.8 Å². The van der Waals surface area contributed by atoms with E-state index in [9.17, 15) is 9.90 Å². The minimum atomic E-state index is -0.451. The molecule has 0 spiro atoms. The molecular weight excluding hydrogens is 238 g/mol. The SMILES string of the molecule is CSC[C@H](O)[C@H]1CCN(C(=O)OC(C)(C)C)C1. The lowest BCUT2D eigenvalue weighted by Crippen LogP contribution is -2.36. The van der Waals surface area contributed by atoms with Crippen LogP contribution in [-0.4, -0.2) is 52.9 Å². The number of carbonyl (C=O) groups excluding carboxylic acids is 1. The van der Waals surface area contributed by atoms with E-state index in [2.05, 4.69) is 0 Å². The van der Waals surface area contributed by atoms with E-state index in [-0.39, 0.29) is 18.1 Å². The highest BCUT2D eigenvalue weighted by Crippen LogP contribution is 2.23. The highest BCUT2D eigenvalue weighted by molar-refractivity contribution is 7.98. The van der Waals surface area contributed by atoms with Crippen LogP contribution in [0.5, 0.6) is 0 Å². The van der Waals surface area contributed by atoms with Gasteiger partial charge >= 0.3 is 6.09 Å². The number of thioether (sulfide) groups is 1. The summed E-state index contributed by atoms with van der Waals surface area (Å²) in [6.07, 6.45) is 2.25. The average Bonchev–Trinajstić information content (AvgIpc) is 2.63. The van der Waals surface area contributed by atoms with Crippen molar-refractivity contribution in [3.63, 3.8) is 0 Å². The molecule has 0 aromatic carbocycles. The highest BCUT2D eigenvalue weighted by atomic mass is 32.2. The Hall–Kier alpha value is -0.420. The standard InChI is InChI=1S/C12H23NO3S/c1-12(2,3)16-11(15)13-6-5-9(7-13)10(14)8-17-4/h9-10,14H,5-8H2,1-4H3/t9-,10-/m0/s1. The zero-order valence-electron chi connectivity index (χ0n) is 11.1. The molecule has 100 valence electrons. The van der Waals surface area contributed by atoms with Crippen molar-refractivity contribution < 1.29 is 14.6 Å². The van der Waals surface area contributed by atoms with Gasteiger partial charge in [-0.3, -0.25) is 0 Å². The van der Waals surface area contributed by atoms with Gasteiger partial charge in [0.05, 0.1) is 6.10 Å². The minimum absolute atomic E-state index is 0.190. The number of hydrogen-bond acceptors (Lipinski definition) is 4. The van der Waals surface area contributed by atoms with E-state index in [1.165, 1.54) is 0 Å². The largest absolute Gasteiger partial charge is 0.444 e. The number of aliphatic hydroxyl groups excluding tert-OH is 1. The van der Waals surface area contributed by atoms with Crippen molar-refractivity contribution in [1.29, 1.82) is 0 Å². The fourth-order valence-electron chi connectivity index (χ4n) is 1.90. The molecule has 0 radical (unpaired) electrons. The van der Waals surface area contributed by atoms with E-state index in [1.807, 2.05) is 27.0 Å². The second kappa shape index (κ2) is 5.96. The molecule has 1 saturated heterocycles. The third-order valence-electron chi connectivity index (χ3n) is 2.76. The lowest BCUT2D eigenvalue weighted by molar-refractivity contribution is 0.0274. The number of amides is 1. The van der Waals surface area contributed by atoms with Gasteiger partial charge in [-0.2, -0.15) is 11.8 Å². The number of hydrogen-bond donors (Lipinski definition) is 1. The minimum Gasteiger partial charge on any atom is -0.444 e. The van der Waals surface area contributed by atoms with Crippen molar-refractivity contribution >= 4 is 17.9 Å². The Labute approximate surface area is 108 Å². The predicted molar refractivity (Wildman–Crippen MR) is 70.3 cm³/mol. The maximum absolute atomic E-state index is 11.8. The normalized spacial score (nSPS) is 22.6. The number of ether oxygens (including phenoxy) is 1. The summed E-state index contributed by atoms with van der Waals surface area (Å²) in [5.74, 6) is 0.919. The van der Waals surface area contributed by atoms with Crippen LogP contribution in [0.4, 0.5) is 4.79 Å². The fourth-order valence-corrected chi connectivity index (χ4v) is 2.51. The van der Waals surface area contributed by atoms with Crippen LogP contribution in [0.2, 0.25) is 0 Å². The summed E-state index contributed by atoms with van der Waals surface area (Å²) in [5.41, 5.74) is -0.451. The molecule has 17 heavy (non-hydrogen) atoms. The quantitative estimate of drug-likeness (QED) is 0.844. The van der Waals surface area contributed by atoms with E-state index < -0.39 is 5.60 Å². The van der Waals surface area contributed by atoms with Crippen molar-refractivity contribution in [2.75, 3.05) is 25.1 Å². The molecule has 0 unspecified atom stereocenters. The van der Waals surface area contributed by atoms with Crippen molar-refractivity contribution in [2.24, 2.45) is 5.92 Å².